The van der Waals surface area contributed by atoms with Gasteiger partial charge in [0.2, 0.25) is 5.43 Å². The van der Waals surface area contributed by atoms with E-state index in [9.17, 15) is 9.59 Å². The molecule has 3 aromatic rings. The normalized spacial score (nSPS) is 12.8. The van der Waals surface area contributed by atoms with Gasteiger partial charge in [0.05, 0.1) is 5.52 Å². The van der Waals surface area contributed by atoms with E-state index >= 15 is 0 Å². The molecule has 1 N–H and O–H groups in total. The molecule has 5 heteroatoms. The van der Waals surface area contributed by atoms with Gasteiger partial charge in [-0.05, 0) is 47.7 Å². The van der Waals surface area contributed by atoms with E-state index < -0.39 is 0 Å². The SMILES string of the molecule is CC(C)c1ccc(NC(=O)c2cn3c4c(cc(Br)cc4c2=O)CC3)cc1. The lowest BCUT2D eigenvalue weighted by Crippen LogP contribution is -2.23. The number of pyridine rings is 1. The van der Waals surface area contributed by atoms with Crippen LogP contribution in [-0.2, 0) is 13.0 Å². The monoisotopic (exact) mass is 410 g/mol. The van der Waals surface area contributed by atoms with Crippen LogP contribution in [0.4, 0.5) is 5.69 Å². The van der Waals surface area contributed by atoms with Crippen molar-refractivity contribution in [1.29, 1.82) is 0 Å². The van der Waals surface area contributed by atoms with Crippen LogP contribution in [0.25, 0.3) is 10.9 Å². The van der Waals surface area contributed by atoms with Gasteiger partial charge in [-0.15, -0.1) is 0 Å². The van der Waals surface area contributed by atoms with E-state index in [0.717, 1.165) is 28.5 Å². The third-order valence-corrected chi connectivity index (χ3v) is 5.37. The highest BCUT2D eigenvalue weighted by Gasteiger charge is 2.21. The maximum absolute atomic E-state index is 12.9. The second-order valence-corrected chi connectivity index (χ2v) is 7.92. The van der Waals surface area contributed by atoms with Gasteiger partial charge in [-0.25, -0.2) is 0 Å². The smallest absolute Gasteiger partial charge is 0.261 e. The number of benzene rings is 2. The summed E-state index contributed by atoms with van der Waals surface area (Å²) in [5.41, 5.74) is 3.93. The molecule has 1 aromatic heterocycles. The number of hydrogen-bond donors (Lipinski definition) is 1. The highest BCUT2D eigenvalue weighted by Crippen LogP contribution is 2.28. The summed E-state index contributed by atoms with van der Waals surface area (Å²) in [7, 11) is 0. The number of halogens is 1. The van der Waals surface area contributed by atoms with E-state index in [1.807, 2.05) is 34.9 Å². The Labute approximate surface area is 160 Å². The fraction of sp³-hybridized carbons (Fsp3) is 0.238. The molecule has 1 aliphatic rings. The number of aromatic nitrogens is 1. The van der Waals surface area contributed by atoms with Crippen LogP contribution < -0.4 is 10.7 Å². The third-order valence-electron chi connectivity index (χ3n) is 4.92. The zero-order valence-corrected chi connectivity index (χ0v) is 16.3. The molecule has 0 bridgehead atoms. The van der Waals surface area contributed by atoms with Gasteiger partial charge in [-0.1, -0.05) is 41.9 Å². The first-order valence-corrected chi connectivity index (χ1v) is 9.50. The number of hydrogen-bond acceptors (Lipinski definition) is 2. The molecule has 2 aromatic carbocycles. The van der Waals surface area contributed by atoms with Crippen molar-refractivity contribution < 1.29 is 4.79 Å². The number of aryl methyl sites for hydroxylation is 2. The minimum atomic E-state index is -0.369. The number of carbonyl (C=O) groups excluding carboxylic acids is 1. The Kier molecular flexibility index (Phi) is 4.19. The summed E-state index contributed by atoms with van der Waals surface area (Å²) in [5.74, 6) is 0.0630. The van der Waals surface area contributed by atoms with Crippen molar-refractivity contribution in [2.24, 2.45) is 0 Å². The fourth-order valence-corrected chi connectivity index (χ4v) is 4.02. The van der Waals surface area contributed by atoms with Gasteiger partial charge in [-0.2, -0.15) is 0 Å². The number of amides is 1. The van der Waals surface area contributed by atoms with Crippen LogP contribution in [0.2, 0.25) is 0 Å². The number of nitrogens with one attached hydrogen (secondary N) is 1. The number of rotatable bonds is 3. The van der Waals surface area contributed by atoms with Crippen molar-refractivity contribution in [2.45, 2.75) is 32.7 Å². The van der Waals surface area contributed by atoms with E-state index in [0.29, 0.717) is 17.0 Å². The maximum Gasteiger partial charge on any atom is 0.261 e. The van der Waals surface area contributed by atoms with Crippen LogP contribution in [0.3, 0.4) is 0 Å². The topological polar surface area (TPSA) is 51.1 Å². The van der Waals surface area contributed by atoms with Crippen LogP contribution in [0, 0.1) is 0 Å². The molecule has 132 valence electrons. The quantitative estimate of drug-likeness (QED) is 0.680. The summed E-state index contributed by atoms with van der Waals surface area (Å²) in [4.78, 5) is 25.6. The fourth-order valence-electron chi connectivity index (χ4n) is 3.51. The van der Waals surface area contributed by atoms with Crippen molar-refractivity contribution in [3.8, 4) is 0 Å². The van der Waals surface area contributed by atoms with E-state index in [4.69, 9.17) is 0 Å². The summed E-state index contributed by atoms with van der Waals surface area (Å²) >= 11 is 3.47. The van der Waals surface area contributed by atoms with Crippen LogP contribution in [0.5, 0.6) is 0 Å². The molecule has 4 nitrogen and oxygen atoms in total. The Morgan fingerprint density at radius 2 is 1.92 bits per heavy atom. The molecule has 0 unspecified atom stereocenters. The zero-order valence-electron chi connectivity index (χ0n) is 14.7. The Hall–Kier alpha value is -2.40. The Bertz CT molecular complexity index is 1080. The Balaban J connectivity index is 1.72. The Morgan fingerprint density at radius 1 is 1.19 bits per heavy atom. The van der Waals surface area contributed by atoms with Crippen LogP contribution >= 0.6 is 15.9 Å². The standard InChI is InChI=1S/C21H19BrN2O2/c1-12(2)13-3-5-16(6-4-13)23-21(26)18-11-24-8-7-14-9-15(22)10-17(19(14)24)20(18)25/h3-6,9-12H,7-8H2,1-2H3,(H,23,26). The zero-order chi connectivity index (χ0) is 18.4. The van der Waals surface area contributed by atoms with Crippen LogP contribution in [0.1, 0.15) is 41.3 Å². The lowest BCUT2D eigenvalue weighted by molar-refractivity contribution is 0.102. The maximum atomic E-state index is 12.9. The van der Waals surface area contributed by atoms with Gasteiger partial charge in [0.1, 0.15) is 5.56 Å². The third kappa shape index (κ3) is 2.86. The summed E-state index contributed by atoms with van der Waals surface area (Å²) < 4.78 is 2.88. The second-order valence-electron chi connectivity index (χ2n) is 7.01. The van der Waals surface area contributed by atoms with Gasteiger partial charge < -0.3 is 9.88 Å². The number of nitrogens with zero attached hydrogens (tertiary/aromatic N) is 1. The molecule has 1 amide bonds. The molecule has 0 radical (unpaired) electrons. The average Bonchev–Trinajstić information content (AvgIpc) is 3.01. The van der Waals surface area contributed by atoms with Gasteiger partial charge >= 0.3 is 0 Å². The van der Waals surface area contributed by atoms with Crippen LogP contribution in [-0.4, -0.2) is 10.5 Å². The van der Waals surface area contributed by atoms with Crippen molar-refractivity contribution in [1.82, 2.24) is 4.57 Å². The first-order chi connectivity index (χ1) is 12.4. The molecular formula is C21H19BrN2O2. The summed E-state index contributed by atoms with van der Waals surface area (Å²) in [6.45, 7) is 5.03. The van der Waals surface area contributed by atoms with E-state index in [1.165, 1.54) is 5.56 Å². The Morgan fingerprint density at radius 3 is 2.62 bits per heavy atom. The molecule has 0 atom stereocenters. The molecule has 0 saturated carbocycles. The van der Waals surface area contributed by atoms with Crippen molar-refractivity contribution in [3.05, 3.63) is 74.0 Å². The molecule has 0 saturated heterocycles. The minimum Gasteiger partial charge on any atom is -0.346 e. The molecule has 0 spiro atoms. The second kappa shape index (κ2) is 6.40. The minimum absolute atomic E-state index is 0.177. The van der Waals surface area contributed by atoms with Gasteiger partial charge in [0.15, 0.2) is 0 Å². The molecular weight excluding hydrogens is 392 g/mol. The largest absolute Gasteiger partial charge is 0.346 e. The van der Waals surface area contributed by atoms with Gasteiger partial charge in [0, 0.05) is 28.3 Å². The average molecular weight is 411 g/mol. The molecule has 2 heterocycles. The predicted octanol–water partition coefficient (Wildman–Crippen LogP) is 4.70. The lowest BCUT2D eigenvalue weighted by atomic mass is 10.0. The molecule has 0 aliphatic carbocycles. The van der Waals surface area contributed by atoms with Crippen molar-refractivity contribution >= 4 is 38.4 Å². The van der Waals surface area contributed by atoms with Crippen molar-refractivity contribution in [2.75, 3.05) is 5.32 Å². The van der Waals surface area contributed by atoms with E-state index in [-0.39, 0.29) is 16.9 Å². The van der Waals surface area contributed by atoms with Gasteiger partial charge in [-0.3, -0.25) is 9.59 Å². The highest BCUT2D eigenvalue weighted by molar-refractivity contribution is 9.10. The van der Waals surface area contributed by atoms with E-state index in [2.05, 4.69) is 35.1 Å². The summed E-state index contributed by atoms with van der Waals surface area (Å²) in [6, 6.07) is 11.6. The summed E-state index contributed by atoms with van der Waals surface area (Å²) in [6.07, 6.45) is 2.56. The predicted molar refractivity (Wildman–Crippen MR) is 108 cm³/mol. The summed E-state index contributed by atoms with van der Waals surface area (Å²) in [5, 5.41) is 3.44. The first-order valence-electron chi connectivity index (χ1n) is 8.71. The number of carbonyl (C=O) groups is 1. The molecule has 26 heavy (non-hydrogen) atoms. The van der Waals surface area contributed by atoms with E-state index in [1.54, 1.807) is 12.3 Å². The van der Waals surface area contributed by atoms with Crippen molar-refractivity contribution in [3.63, 3.8) is 0 Å². The molecule has 4 rings (SSSR count). The lowest BCUT2D eigenvalue weighted by Gasteiger charge is -2.11. The van der Waals surface area contributed by atoms with Gasteiger partial charge in [0.25, 0.3) is 5.91 Å². The number of anilines is 1. The van der Waals surface area contributed by atoms with Crippen LogP contribution in [0.15, 0.2) is 51.9 Å². The highest BCUT2D eigenvalue weighted by atomic mass is 79.9. The first kappa shape index (κ1) is 17.0. The molecule has 0 fully saturated rings. The molecule has 1 aliphatic heterocycles.